The van der Waals surface area contributed by atoms with Gasteiger partial charge in [-0.1, -0.05) is 0 Å². The fourth-order valence-electron chi connectivity index (χ4n) is 0.264. The standard InChI is InChI=1S/CFN5O2/c2-7-4-1(3-5-7)6(8)9. The van der Waals surface area contributed by atoms with E-state index in [1.54, 1.807) is 0 Å². The summed E-state index contributed by atoms with van der Waals surface area (Å²) in [4.78, 5) is 8.73. The van der Waals surface area contributed by atoms with E-state index in [4.69, 9.17) is 0 Å². The van der Waals surface area contributed by atoms with Gasteiger partial charge in [0.2, 0.25) is 0 Å². The van der Waals surface area contributed by atoms with E-state index in [2.05, 4.69) is 15.4 Å². The van der Waals surface area contributed by atoms with Gasteiger partial charge in [0.05, 0.1) is 20.4 Å². The number of hydrogen-bond acceptors (Lipinski definition) is 5. The first-order valence-corrected chi connectivity index (χ1v) is 1.80. The predicted octanol–water partition coefficient (Wildman–Crippen LogP) is -0.686. The monoisotopic (exact) mass is 133 g/mol. The van der Waals surface area contributed by atoms with Crippen LogP contribution < -0.4 is 0 Å². The lowest BCUT2D eigenvalue weighted by molar-refractivity contribution is -0.394. The molecule has 48 valence electrons. The molecule has 1 heterocycles. The van der Waals surface area contributed by atoms with Crippen molar-refractivity contribution >= 4 is 5.95 Å². The second-order valence-electron chi connectivity index (χ2n) is 1.09. The number of rotatable bonds is 1. The van der Waals surface area contributed by atoms with E-state index in [0.717, 1.165) is 0 Å². The molecule has 0 atom stereocenters. The summed E-state index contributed by atoms with van der Waals surface area (Å²) in [5, 5.41) is 17.2. The molecule has 1 rings (SSSR count). The van der Waals surface area contributed by atoms with Crippen LogP contribution in [0.2, 0.25) is 0 Å². The summed E-state index contributed by atoms with van der Waals surface area (Å²) in [6.45, 7) is 0. The number of hydrogen-bond donors (Lipinski definition) is 0. The summed E-state index contributed by atoms with van der Waals surface area (Å²) < 4.78 is 11.6. The first-order valence-electron chi connectivity index (χ1n) is 1.80. The molecule has 1 aromatic heterocycles. The third-order valence-electron chi connectivity index (χ3n) is 0.543. The zero-order chi connectivity index (χ0) is 6.85. The summed E-state index contributed by atoms with van der Waals surface area (Å²) in [6, 6.07) is 0. The highest BCUT2D eigenvalue weighted by atomic mass is 19.2. The van der Waals surface area contributed by atoms with Crippen molar-refractivity contribution in [3.8, 4) is 0 Å². The number of nitrogens with zero attached hydrogens (tertiary/aromatic N) is 5. The molecule has 0 bridgehead atoms. The topological polar surface area (TPSA) is 86.7 Å². The van der Waals surface area contributed by atoms with Crippen LogP contribution in [0.1, 0.15) is 0 Å². The van der Waals surface area contributed by atoms with Crippen molar-refractivity contribution in [1.29, 1.82) is 0 Å². The summed E-state index contributed by atoms with van der Waals surface area (Å²) in [6.07, 6.45) is 0. The minimum Gasteiger partial charge on any atom is -0.390 e. The van der Waals surface area contributed by atoms with Gasteiger partial charge in [-0.05, 0) is 9.40 Å². The molecule has 0 radical (unpaired) electrons. The number of tetrazole rings is 1. The highest BCUT2D eigenvalue weighted by molar-refractivity contribution is 4.91. The molecule has 0 amide bonds. The number of halogens is 1. The average Bonchev–Trinajstić information content (AvgIpc) is 2.14. The van der Waals surface area contributed by atoms with Crippen LogP contribution in [0.5, 0.6) is 0 Å². The Kier molecular flexibility index (Phi) is 1.06. The molecule has 0 saturated heterocycles. The molecular formula is CFN5O2. The van der Waals surface area contributed by atoms with Crippen molar-refractivity contribution in [3.63, 3.8) is 0 Å². The van der Waals surface area contributed by atoms with E-state index in [1.807, 2.05) is 0 Å². The number of nitro groups is 1. The second-order valence-corrected chi connectivity index (χ2v) is 1.09. The van der Waals surface area contributed by atoms with Crippen molar-refractivity contribution in [1.82, 2.24) is 20.4 Å². The highest BCUT2D eigenvalue weighted by Crippen LogP contribution is 1.95. The van der Waals surface area contributed by atoms with Crippen molar-refractivity contribution in [2.24, 2.45) is 0 Å². The number of aromatic nitrogens is 4. The lowest BCUT2D eigenvalue weighted by Crippen LogP contribution is -1.90. The van der Waals surface area contributed by atoms with Gasteiger partial charge in [0.15, 0.2) is 0 Å². The fourth-order valence-corrected chi connectivity index (χ4v) is 0.264. The lowest BCUT2D eigenvalue weighted by atomic mass is 11.1. The van der Waals surface area contributed by atoms with Crippen molar-refractivity contribution in [2.45, 2.75) is 0 Å². The first kappa shape index (κ1) is 5.54. The molecule has 0 unspecified atom stereocenters. The molecule has 8 heteroatoms. The summed E-state index contributed by atoms with van der Waals surface area (Å²) >= 11 is 0. The Morgan fingerprint density at radius 2 is 2.44 bits per heavy atom. The largest absolute Gasteiger partial charge is 0.517 e. The Balaban J connectivity index is 2.98. The molecule has 0 aliphatic carbocycles. The summed E-state index contributed by atoms with van der Waals surface area (Å²) in [5.41, 5.74) is 0. The Hall–Kier alpha value is -1.60. The average molecular weight is 133 g/mol. The Labute approximate surface area is 47.2 Å². The SMILES string of the molecule is O=[N+]([O-])c1nnn(F)n1. The second kappa shape index (κ2) is 1.73. The molecule has 9 heavy (non-hydrogen) atoms. The molecule has 7 nitrogen and oxygen atoms in total. The maximum absolute atomic E-state index is 11.6. The van der Waals surface area contributed by atoms with E-state index in [-0.39, 0.29) is 0 Å². The van der Waals surface area contributed by atoms with Gasteiger partial charge < -0.3 is 10.1 Å². The summed E-state index contributed by atoms with van der Waals surface area (Å²) in [7, 11) is 0. The zero-order valence-corrected chi connectivity index (χ0v) is 3.93. The first-order chi connectivity index (χ1) is 4.20. The van der Waals surface area contributed by atoms with Gasteiger partial charge in [0.1, 0.15) is 0 Å². The smallest absolute Gasteiger partial charge is 0.390 e. The normalized spacial score (nSPS) is 9.44. The quantitative estimate of drug-likeness (QED) is 0.374. The molecule has 1 aromatic rings. The maximum Gasteiger partial charge on any atom is 0.517 e. The van der Waals surface area contributed by atoms with Crippen LogP contribution in [-0.2, 0) is 0 Å². The van der Waals surface area contributed by atoms with Crippen molar-refractivity contribution in [2.75, 3.05) is 0 Å². The van der Waals surface area contributed by atoms with Crippen LogP contribution in [0.25, 0.3) is 0 Å². The van der Waals surface area contributed by atoms with Crippen LogP contribution in [0.4, 0.5) is 10.4 Å². The predicted molar refractivity (Wildman–Crippen MR) is 21.0 cm³/mol. The highest BCUT2D eigenvalue weighted by Gasteiger charge is 2.13. The van der Waals surface area contributed by atoms with E-state index in [0.29, 0.717) is 0 Å². The summed E-state index contributed by atoms with van der Waals surface area (Å²) in [5.74, 6) is -0.850. The van der Waals surface area contributed by atoms with Crippen LogP contribution in [0, 0.1) is 10.1 Å². The van der Waals surface area contributed by atoms with E-state index in [9.17, 15) is 14.6 Å². The van der Waals surface area contributed by atoms with Gasteiger partial charge in [-0.2, -0.15) is 0 Å². The van der Waals surface area contributed by atoms with Crippen LogP contribution >= 0.6 is 0 Å². The zero-order valence-electron chi connectivity index (χ0n) is 3.93. The van der Waals surface area contributed by atoms with Crippen LogP contribution in [-0.4, -0.2) is 25.4 Å². The Bertz CT molecular complexity index is 231. The van der Waals surface area contributed by atoms with Crippen LogP contribution in [0.15, 0.2) is 0 Å². The van der Waals surface area contributed by atoms with Gasteiger partial charge in [-0.3, -0.25) is 0 Å². The van der Waals surface area contributed by atoms with Crippen molar-refractivity contribution < 1.29 is 9.40 Å². The van der Waals surface area contributed by atoms with Crippen molar-refractivity contribution in [3.05, 3.63) is 10.1 Å². The molecule has 0 fully saturated rings. The third-order valence-corrected chi connectivity index (χ3v) is 0.543. The Morgan fingerprint density at radius 3 is 2.67 bits per heavy atom. The maximum atomic E-state index is 11.6. The molecule has 0 aromatic carbocycles. The molecule has 0 N–H and O–H groups in total. The van der Waals surface area contributed by atoms with Gasteiger partial charge in [0.25, 0.3) is 0 Å². The molecule has 0 spiro atoms. The van der Waals surface area contributed by atoms with E-state index < -0.39 is 15.9 Å². The molecule has 0 aliphatic heterocycles. The minimum atomic E-state index is -0.941. The Morgan fingerprint density at radius 1 is 1.78 bits per heavy atom. The third kappa shape index (κ3) is 0.953. The fraction of sp³-hybridized carbons (Fsp3) is 0. The molecule has 0 aliphatic rings. The minimum absolute atomic E-state index is 0.474. The van der Waals surface area contributed by atoms with Gasteiger partial charge in [-0.15, -0.1) is 0 Å². The van der Waals surface area contributed by atoms with Gasteiger partial charge in [-0.25, -0.2) is 0 Å². The molecular weight excluding hydrogens is 133 g/mol. The van der Waals surface area contributed by atoms with E-state index >= 15 is 0 Å². The molecule has 0 saturated carbocycles. The van der Waals surface area contributed by atoms with Gasteiger partial charge in [0, 0.05) is 0 Å². The van der Waals surface area contributed by atoms with Gasteiger partial charge >= 0.3 is 5.95 Å². The lowest BCUT2D eigenvalue weighted by Gasteiger charge is -1.79. The van der Waals surface area contributed by atoms with Crippen LogP contribution in [0.3, 0.4) is 0 Å². The van der Waals surface area contributed by atoms with E-state index in [1.165, 1.54) is 0 Å².